The van der Waals surface area contributed by atoms with Crippen LogP contribution in [0, 0.1) is 5.41 Å². The van der Waals surface area contributed by atoms with Crippen molar-refractivity contribution in [2.45, 2.75) is 51.6 Å². The van der Waals surface area contributed by atoms with Gasteiger partial charge in [-0.15, -0.1) is 0 Å². The fourth-order valence-corrected chi connectivity index (χ4v) is 8.82. The average molecular weight is 405 g/mol. The number of rotatable bonds is 3. The molecule has 150 valence electrons. The molecule has 1 aliphatic carbocycles. The summed E-state index contributed by atoms with van der Waals surface area (Å²) in [5.41, 5.74) is 2.21. The van der Waals surface area contributed by atoms with Gasteiger partial charge in [-0.05, 0) is 31.6 Å². The minimum absolute atomic E-state index is 0.0180. The summed E-state index contributed by atoms with van der Waals surface area (Å²) < 4.78 is 23.1. The first-order valence-corrected chi connectivity index (χ1v) is 12.2. The van der Waals surface area contributed by atoms with Gasteiger partial charge in [-0.3, -0.25) is 4.57 Å². The highest BCUT2D eigenvalue weighted by atomic mass is 31.2. The summed E-state index contributed by atoms with van der Waals surface area (Å²) in [5.74, 6) is 5.20. The second-order valence-corrected chi connectivity index (χ2v) is 12.0. The number of benzene rings is 2. The molecule has 0 unspecified atom stereocenters. The van der Waals surface area contributed by atoms with Crippen molar-refractivity contribution in [1.29, 1.82) is 0 Å². The molecule has 4 heteroatoms. The minimum Gasteiger partial charge on any atom is -0.456 e. The van der Waals surface area contributed by atoms with Gasteiger partial charge in [0, 0.05) is 34.3 Å². The Morgan fingerprint density at radius 3 is 1.86 bits per heavy atom. The van der Waals surface area contributed by atoms with E-state index >= 15 is 0 Å². The van der Waals surface area contributed by atoms with Gasteiger partial charge in [0.2, 0.25) is 7.29 Å². The van der Waals surface area contributed by atoms with Crippen LogP contribution in [0.3, 0.4) is 0 Å². The van der Waals surface area contributed by atoms with Crippen LogP contribution in [0.2, 0.25) is 0 Å². The van der Waals surface area contributed by atoms with Crippen LogP contribution >= 0.6 is 7.29 Å². The molecule has 2 aromatic carbocycles. The van der Waals surface area contributed by atoms with Gasteiger partial charge in [-0.25, -0.2) is 4.67 Å². The normalized spacial score (nSPS) is 29.8. The van der Waals surface area contributed by atoms with E-state index in [0.717, 1.165) is 30.4 Å². The first kappa shape index (κ1) is 18.9. The van der Waals surface area contributed by atoms with E-state index in [2.05, 4.69) is 25.4 Å². The van der Waals surface area contributed by atoms with Crippen LogP contribution in [-0.2, 0) is 9.30 Å². The Bertz CT molecular complexity index is 982. The zero-order valence-electron chi connectivity index (χ0n) is 17.3. The lowest BCUT2D eigenvalue weighted by Gasteiger charge is -2.66. The van der Waals surface area contributed by atoms with Crippen molar-refractivity contribution in [2.24, 2.45) is 5.41 Å². The molecule has 3 aliphatic heterocycles. The number of hydrogen-bond acceptors (Lipinski definition) is 2. The van der Waals surface area contributed by atoms with Crippen molar-refractivity contribution in [3.05, 3.63) is 83.4 Å². The summed E-state index contributed by atoms with van der Waals surface area (Å²) in [5, 5.41) is 0. The predicted molar refractivity (Wildman–Crippen MR) is 119 cm³/mol. The third-order valence-electron chi connectivity index (χ3n) is 6.50. The molecule has 0 radical (unpaired) electrons. The molecule has 4 aliphatic rings. The van der Waals surface area contributed by atoms with Crippen LogP contribution in [0.1, 0.15) is 51.2 Å². The van der Waals surface area contributed by atoms with E-state index in [-0.39, 0.29) is 5.54 Å². The summed E-state index contributed by atoms with van der Waals surface area (Å²) in [6.07, 6.45) is 3.30. The van der Waals surface area contributed by atoms with Gasteiger partial charge in [0.15, 0.2) is 0 Å². The standard InChI is InChI=1S/C25H28NO2P/c1-24(2)14-21-15-25(3,18-24)26(21)29(27)16-22(19-10-6-4-7-11-19)28-23(17-29)20-12-8-5-9-13-20/h4-13,16-17,21H,14-15,18H2,1-3H3/t21-,25-/m0/s1. The van der Waals surface area contributed by atoms with Crippen molar-refractivity contribution in [3.8, 4) is 0 Å². The van der Waals surface area contributed by atoms with E-state index in [0.29, 0.717) is 23.0 Å². The Kier molecular flexibility index (Phi) is 4.21. The maximum atomic E-state index is 14.5. The summed E-state index contributed by atoms with van der Waals surface area (Å²) in [4.78, 5) is 0. The zero-order chi connectivity index (χ0) is 20.3. The van der Waals surface area contributed by atoms with E-state index in [1.807, 2.05) is 72.3 Å². The molecule has 0 N–H and O–H groups in total. The van der Waals surface area contributed by atoms with Crippen molar-refractivity contribution in [2.75, 3.05) is 0 Å². The zero-order valence-corrected chi connectivity index (χ0v) is 18.2. The van der Waals surface area contributed by atoms with Gasteiger partial charge >= 0.3 is 0 Å². The van der Waals surface area contributed by atoms with Crippen molar-refractivity contribution in [3.63, 3.8) is 0 Å². The monoisotopic (exact) mass is 405 g/mol. The largest absolute Gasteiger partial charge is 0.456 e. The highest BCUT2D eigenvalue weighted by molar-refractivity contribution is 7.68. The van der Waals surface area contributed by atoms with Crippen LogP contribution in [0.25, 0.3) is 11.5 Å². The van der Waals surface area contributed by atoms with Gasteiger partial charge in [0.05, 0.1) is 0 Å². The van der Waals surface area contributed by atoms with Crippen molar-refractivity contribution in [1.82, 2.24) is 4.67 Å². The average Bonchev–Trinajstić information content (AvgIpc) is 2.66. The maximum absolute atomic E-state index is 14.5. The molecule has 0 aromatic heterocycles. The quantitative estimate of drug-likeness (QED) is 0.518. The molecule has 3 heterocycles. The van der Waals surface area contributed by atoms with E-state index in [1.54, 1.807) is 0 Å². The van der Waals surface area contributed by atoms with E-state index in [4.69, 9.17) is 4.74 Å². The molecule has 2 aromatic rings. The molecule has 0 spiro atoms. The summed E-state index contributed by atoms with van der Waals surface area (Å²) in [7, 11) is -2.88. The van der Waals surface area contributed by atoms with Crippen LogP contribution in [0.5, 0.6) is 0 Å². The smallest absolute Gasteiger partial charge is 0.201 e. The Balaban J connectivity index is 1.61. The van der Waals surface area contributed by atoms with Gasteiger partial charge in [-0.2, -0.15) is 0 Å². The predicted octanol–water partition coefficient (Wildman–Crippen LogP) is 6.94. The fourth-order valence-electron chi connectivity index (χ4n) is 5.84. The molecular formula is C25H28NO2P. The Morgan fingerprint density at radius 1 is 0.862 bits per heavy atom. The molecule has 1 saturated carbocycles. The second-order valence-electron chi connectivity index (χ2n) is 9.74. The summed E-state index contributed by atoms with van der Waals surface area (Å²) in [6, 6.07) is 20.4. The van der Waals surface area contributed by atoms with Crippen molar-refractivity contribution >= 4 is 18.8 Å². The Morgan fingerprint density at radius 2 is 1.38 bits per heavy atom. The summed E-state index contributed by atoms with van der Waals surface area (Å²) >= 11 is 0. The molecule has 29 heavy (non-hydrogen) atoms. The first-order valence-electron chi connectivity index (χ1n) is 10.4. The fraction of sp³-hybridized carbons (Fsp3) is 0.360. The minimum atomic E-state index is -2.88. The third-order valence-corrected chi connectivity index (χ3v) is 9.19. The van der Waals surface area contributed by atoms with Crippen molar-refractivity contribution < 1.29 is 9.30 Å². The van der Waals surface area contributed by atoms with E-state index < -0.39 is 7.29 Å². The van der Waals surface area contributed by atoms with Crippen LogP contribution in [0.15, 0.2) is 72.3 Å². The molecule has 2 atom stereocenters. The number of fused-ring (bicyclic) bond motifs is 2. The number of ether oxygens (including phenoxy) is 1. The lowest BCUT2D eigenvalue weighted by atomic mass is 9.61. The molecule has 3 fully saturated rings. The van der Waals surface area contributed by atoms with Crippen LogP contribution in [0.4, 0.5) is 0 Å². The van der Waals surface area contributed by atoms with Gasteiger partial charge < -0.3 is 4.74 Å². The highest BCUT2D eigenvalue weighted by Crippen LogP contribution is 2.71. The first-order chi connectivity index (χ1) is 13.8. The lowest BCUT2D eigenvalue weighted by Crippen LogP contribution is -2.68. The number of piperidine rings is 1. The molecule has 0 amide bonds. The lowest BCUT2D eigenvalue weighted by molar-refractivity contribution is -0.0839. The topological polar surface area (TPSA) is 29.5 Å². The van der Waals surface area contributed by atoms with Gasteiger partial charge in [0.1, 0.15) is 11.5 Å². The van der Waals surface area contributed by atoms with E-state index in [1.165, 1.54) is 0 Å². The third kappa shape index (κ3) is 3.21. The Labute approximate surface area is 173 Å². The van der Waals surface area contributed by atoms with Crippen LogP contribution in [-0.4, -0.2) is 16.3 Å². The number of nitrogens with zero attached hydrogens (tertiary/aromatic N) is 1. The van der Waals surface area contributed by atoms with Crippen LogP contribution < -0.4 is 0 Å². The molecule has 2 bridgehead atoms. The van der Waals surface area contributed by atoms with E-state index in [9.17, 15) is 4.57 Å². The van der Waals surface area contributed by atoms with Gasteiger partial charge in [0.25, 0.3) is 0 Å². The molecular weight excluding hydrogens is 377 g/mol. The number of hydrogen-bond donors (Lipinski definition) is 0. The maximum Gasteiger partial charge on any atom is 0.201 e. The highest BCUT2D eigenvalue weighted by Gasteiger charge is 2.61. The molecule has 6 rings (SSSR count). The Hall–Kier alpha value is -2.09. The molecule has 3 nitrogen and oxygen atoms in total. The van der Waals surface area contributed by atoms with Gasteiger partial charge in [-0.1, -0.05) is 74.5 Å². The summed E-state index contributed by atoms with van der Waals surface area (Å²) in [6.45, 7) is 6.96. The second kappa shape index (κ2) is 6.45. The SMILES string of the molecule is CC1(C)C[C@H]2C[C@@](C)(C1)N2P1(=O)C=C(c2ccccc2)OC(c2ccccc2)=C1. The molecule has 2 saturated heterocycles.